The number of benzene rings is 1. The van der Waals surface area contributed by atoms with E-state index in [0.717, 1.165) is 5.75 Å². The highest BCUT2D eigenvalue weighted by Crippen LogP contribution is 2.40. The molecule has 31 heavy (non-hydrogen) atoms. The molecule has 2 fully saturated rings. The van der Waals surface area contributed by atoms with E-state index in [2.05, 4.69) is 0 Å². The topological polar surface area (TPSA) is 105 Å². The van der Waals surface area contributed by atoms with E-state index in [1.807, 2.05) is 42.5 Å². The SMILES string of the molecule is O=C(O)CCC/C=C\C[C@@H]1[C@@H](CCC2(COc3ccccc3)OCCO2)[C@H](O)C[C@H]1O. The van der Waals surface area contributed by atoms with Crippen molar-refractivity contribution < 1.29 is 34.3 Å². The normalized spacial score (nSPS) is 27.7. The predicted molar refractivity (Wildman–Crippen MR) is 115 cm³/mol. The summed E-state index contributed by atoms with van der Waals surface area (Å²) in [6.45, 7) is 1.30. The number of aliphatic hydroxyl groups is 2. The molecule has 1 aliphatic carbocycles. The molecule has 1 saturated heterocycles. The van der Waals surface area contributed by atoms with Crippen LogP contribution < -0.4 is 4.74 Å². The average Bonchev–Trinajstić information content (AvgIpc) is 3.32. The van der Waals surface area contributed by atoms with E-state index in [-0.39, 0.29) is 24.9 Å². The molecule has 1 heterocycles. The van der Waals surface area contributed by atoms with Crippen molar-refractivity contribution in [3.8, 4) is 5.75 Å². The molecule has 172 valence electrons. The lowest BCUT2D eigenvalue weighted by Crippen LogP contribution is -2.38. The standard InChI is InChI=1S/C24H34O7/c25-21-16-22(26)20(19(21)10-6-1-2-7-11-23(27)28)12-13-24(30-14-15-31-24)17-29-18-8-4-3-5-9-18/h1,3-6,8-9,19-22,25-26H,2,7,10-17H2,(H,27,28)/b6-1-/t19-,20-,21-,22-/m1/s1. The minimum absolute atomic E-state index is 0.0424. The van der Waals surface area contributed by atoms with Gasteiger partial charge in [0.1, 0.15) is 12.4 Å². The Morgan fingerprint density at radius 3 is 2.52 bits per heavy atom. The number of hydrogen-bond acceptors (Lipinski definition) is 6. The van der Waals surface area contributed by atoms with Crippen molar-refractivity contribution in [3.63, 3.8) is 0 Å². The number of para-hydroxylation sites is 1. The lowest BCUT2D eigenvalue weighted by atomic mass is 9.85. The molecule has 7 nitrogen and oxygen atoms in total. The molecular formula is C24H34O7. The Balaban J connectivity index is 1.52. The van der Waals surface area contributed by atoms with Gasteiger partial charge < -0.3 is 29.5 Å². The maximum Gasteiger partial charge on any atom is 0.303 e. The minimum atomic E-state index is -0.833. The van der Waals surface area contributed by atoms with Crippen LogP contribution in [0.1, 0.15) is 44.9 Å². The van der Waals surface area contributed by atoms with Gasteiger partial charge in [-0.2, -0.15) is 0 Å². The molecular weight excluding hydrogens is 400 g/mol. The molecule has 0 unspecified atom stereocenters. The van der Waals surface area contributed by atoms with Crippen molar-refractivity contribution in [3.05, 3.63) is 42.5 Å². The van der Waals surface area contributed by atoms with Crippen LogP contribution in [0, 0.1) is 11.8 Å². The van der Waals surface area contributed by atoms with Crippen LogP contribution in [0.4, 0.5) is 0 Å². The van der Waals surface area contributed by atoms with E-state index in [9.17, 15) is 15.0 Å². The third-order valence-corrected chi connectivity index (χ3v) is 6.23. The highest BCUT2D eigenvalue weighted by molar-refractivity contribution is 5.66. The van der Waals surface area contributed by atoms with Crippen LogP contribution in [0.25, 0.3) is 0 Å². The van der Waals surface area contributed by atoms with Crippen molar-refractivity contribution in [1.82, 2.24) is 0 Å². The van der Waals surface area contributed by atoms with Crippen LogP contribution in [0.3, 0.4) is 0 Å². The van der Waals surface area contributed by atoms with Crippen LogP contribution in [0.15, 0.2) is 42.5 Å². The average molecular weight is 435 g/mol. The number of aliphatic carboxylic acids is 1. The molecule has 0 amide bonds. The first kappa shape index (κ1) is 23.7. The van der Waals surface area contributed by atoms with E-state index in [4.69, 9.17) is 19.3 Å². The number of hydrogen-bond donors (Lipinski definition) is 3. The summed E-state index contributed by atoms with van der Waals surface area (Å²) in [5, 5.41) is 29.7. The Morgan fingerprint density at radius 2 is 1.81 bits per heavy atom. The van der Waals surface area contributed by atoms with Gasteiger partial charge in [-0.3, -0.25) is 4.79 Å². The van der Waals surface area contributed by atoms with Gasteiger partial charge in [-0.1, -0.05) is 30.4 Å². The quantitative estimate of drug-likeness (QED) is 0.343. The number of carbonyl (C=O) groups is 1. The summed E-state index contributed by atoms with van der Waals surface area (Å²) in [6, 6.07) is 9.53. The Bertz CT molecular complexity index is 699. The van der Waals surface area contributed by atoms with Crippen LogP contribution in [0.2, 0.25) is 0 Å². The van der Waals surface area contributed by atoms with Gasteiger partial charge in [0.15, 0.2) is 0 Å². The van der Waals surface area contributed by atoms with Crippen LogP contribution in [-0.4, -0.2) is 59.1 Å². The van der Waals surface area contributed by atoms with Crippen LogP contribution in [0.5, 0.6) is 5.75 Å². The second-order valence-electron chi connectivity index (χ2n) is 8.44. The highest BCUT2D eigenvalue weighted by atomic mass is 16.8. The first-order valence-electron chi connectivity index (χ1n) is 11.2. The Kier molecular flexibility index (Phi) is 8.90. The smallest absolute Gasteiger partial charge is 0.303 e. The fourth-order valence-corrected chi connectivity index (χ4v) is 4.54. The molecule has 0 aromatic heterocycles. The summed E-state index contributed by atoms with van der Waals surface area (Å²) in [5.74, 6) is -0.966. The third-order valence-electron chi connectivity index (χ3n) is 6.23. The van der Waals surface area contributed by atoms with Crippen molar-refractivity contribution in [1.29, 1.82) is 0 Å². The molecule has 4 atom stereocenters. The van der Waals surface area contributed by atoms with Crippen LogP contribution >= 0.6 is 0 Å². The number of allylic oxidation sites excluding steroid dienone is 2. The number of carboxylic acid groups (broad SMARTS) is 1. The van der Waals surface area contributed by atoms with Gasteiger partial charge in [-0.15, -0.1) is 0 Å². The second kappa shape index (κ2) is 11.6. The molecule has 2 aliphatic rings. The molecule has 1 saturated carbocycles. The number of carboxylic acids is 1. The van der Waals surface area contributed by atoms with E-state index in [1.54, 1.807) is 0 Å². The monoisotopic (exact) mass is 434 g/mol. The fourth-order valence-electron chi connectivity index (χ4n) is 4.54. The molecule has 0 bridgehead atoms. The summed E-state index contributed by atoms with van der Waals surface area (Å²) < 4.78 is 17.7. The van der Waals surface area contributed by atoms with Gasteiger partial charge in [0.05, 0.1) is 25.4 Å². The first-order valence-corrected chi connectivity index (χ1v) is 11.2. The van der Waals surface area contributed by atoms with Crippen LogP contribution in [-0.2, 0) is 14.3 Å². The molecule has 1 aromatic carbocycles. The Labute approximate surface area is 183 Å². The number of aliphatic hydroxyl groups excluding tert-OH is 2. The summed E-state index contributed by atoms with van der Waals surface area (Å²) in [5.41, 5.74) is 0. The van der Waals surface area contributed by atoms with Gasteiger partial charge in [-0.25, -0.2) is 0 Å². The summed E-state index contributed by atoms with van der Waals surface area (Å²) >= 11 is 0. The zero-order valence-corrected chi connectivity index (χ0v) is 17.9. The molecule has 1 aromatic rings. The minimum Gasteiger partial charge on any atom is -0.488 e. The van der Waals surface area contributed by atoms with Crippen molar-refractivity contribution in [2.75, 3.05) is 19.8 Å². The van der Waals surface area contributed by atoms with E-state index in [1.165, 1.54) is 0 Å². The van der Waals surface area contributed by atoms with Gasteiger partial charge in [0.2, 0.25) is 5.79 Å². The lowest BCUT2D eigenvalue weighted by Gasteiger charge is -2.30. The lowest BCUT2D eigenvalue weighted by molar-refractivity contribution is -0.185. The zero-order chi connectivity index (χ0) is 22.1. The molecule has 1 aliphatic heterocycles. The first-order chi connectivity index (χ1) is 15.0. The summed E-state index contributed by atoms with van der Waals surface area (Å²) in [4.78, 5) is 10.6. The Hall–Kier alpha value is -1.93. The van der Waals surface area contributed by atoms with E-state index >= 15 is 0 Å². The molecule has 7 heteroatoms. The van der Waals surface area contributed by atoms with Crippen molar-refractivity contribution >= 4 is 5.97 Å². The van der Waals surface area contributed by atoms with E-state index in [0.29, 0.717) is 51.7 Å². The van der Waals surface area contributed by atoms with Crippen molar-refractivity contribution in [2.24, 2.45) is 11.8 Å². The maximum absolute atomic E-state index is 10.6. The third kappa shape index (κ3) is 7.04. The number of ether oxygens (including phenoxy) is 3. The maximum atomic E-state index is 10.6. The predicted octanol–water partition coefficient (Wildman–Crippen LogP) is 3.15. The summed E-state index contributed by atoms with van der Waals surface area (Å²) in [6.07, 6.45) is 6.58. The largest absolute Gasteiger partial charge is 0.488 e. The molecule has 0 radical (unpaired) electrons. The Morgan fingerprint density at radius 1 is 1.10 bits per heavy atom. The molecule has 0 spiro atoms. The van der Waals surface area contributed by atoms with E-state index < -0.39 is 24.0 Å². The van der Waals surface area contributed by atoms with Gasteiger partial charge in [0, 0.05) is 12.8 Å². The van der Waals surface area contributed by atoms with Crippen molar-refractivity contribution in [2.45, 2.75) is 62.9 Å². The molecule has 3 N–H and O–H groups in total. The van der Waals surface area contributed by atoms with Gasteiger partial charge >= 0.3 is 5.97 Å². The molecule has 3 rings (SSSR count). The van der Waals surface area contributed by atoms with Gasteiger partial charge in [-0.05, 0) is 56.1 Å². The zero-order valence-electron chi connectivity index (χ0n) is 17.9. The highest BCUT2D eigenvalue weighted by Gasteiger charge is 2.44. The summed E-state index contributed by atoms with van der Waals surface area (Å²) in [7, 11) is 0. The fraction of sp³-hybridized carbons (Fsp3) is 0.625. The number of unbranched alkanes of at least 4 members (excludes halogenated alkanes) is 1. The van der Waals surface area contributed by atoms with Gasteiger partial charge in [0.25, 0.3) is 0 Å². The second-order valence-corrected chi connectivity index (χ2v) is 8.44. The number of rotatable bonds is 12.